The van der Waals surface area contributed by atoms with Crippen LogP contribution in [-0.2, 0) is 0 Å². The van der Waals surface area contributed by atoms with E-state index in [1.807, 2.05) is 29.2 Å². The first kappa shape index (κ1) is 25.7. The fourth-order valence-corrected chi connectivity index (χ4v) is 4.91. The van der Waals surface area contributed by atoms with E-state index in [9.17, 15) is 19.8 Å². The highest BCUT2D eigenvalue weighted by molar-refractivity contribution is 7.80. The number of carboxylic acid groups (broad SMARTS) is 2. The Labute approximate surface area is 228 Å². The van der Waals surface area contributed by atoms with Gasteiger partial charge < -0.3 is 34.3 Å². The number of pyridine rings is 1. The molecule has 1 aliphatic rings. The van der Waals surface area contributed by atoms with Gasteiger partial charge in [-0.2, -0.15) is 0 Å². The molecule has 1 saturated heterocycles. The Morgan fingerprint density at radius 2 is 1.72 bits per heavy atom. The SMILES string of the molecule is COc1ccc(N2C(=S)NC(c3ccccn3)C2c2ccc(-c3cc(C(=O)O)cc(C(=O)O)c3)o2)c(OC)c1. The van der Waals surface area contributed by atoms with Crippen LogP contribution in [0.5, 0.6) is 11.5 Å². The highest BCUT2D eigenvalue weighted by atomic mass is 32.1. The zero-order valence-electron chi connectivity index (χ0n) is 20.8. The molecule has 5 rings (SSSR count). The maximum atomic E-state index is 11.6. The summed E-state index contributed by atoms with van der Waals surface area (Å²) in [6, 6.07) is 17.3. The molecule has 10 nitrogen and oxygen atoms in total. The Morgan fingerprint density at radius 1 is 0.974 bits per heavy atom. The smallest absolute Gasteiger partial charge is 0.335 e. The molecule has 2 unspecified atom stereocenters. The lowest BCUT2D eigenvalue weighted by Crippen LogP contribution is -2.29. The van der Waals surface area contributed by atoms with Gasteiger partial charge in [-0.05, 0) is 66.8 Å². The molecule has 2 atom stereocenters. The molecular weight excluding hydrogens is 522 g/mol. The van der Waals surface area contributed by atoms with Gasteiger partial charge in [0.15, 0.2) is 5.11 Å². The van der Waals surface area contributed by atoms with E-state index in [-0.39, 0.29) is 11.1 Å². The van der Waals surface area contributed by atoms with E-state index in [0.717, 1.165) is 11.8 Å². The standard InChI is InChI=1S/C28H23N3O7S/c1-36-18-6-7-20(23(14-18)37-2)31-25(24(30-28(31)39)19-5-3-4-10-29-19)22-9-8-21(38-22)15-11-16(26(32)33)13-17(12-15)27(34)35/h3-14,24-25H,1-2H3,(H,30,39)(H,32,33)(H,34,35). The van der Waals surface area contributed by atoms with Crippen LogP contribution in [0.1, 0.15) is 44.3 Å². The zero-order chi connectivity index (χ0) is 27.7. The molecule has 1 fully saturated rings. The Balaban J connectivity index is 1.64. The van der Waals surface area contributed by atoms with E-state index in [1.54, 1.807) is 44.7 Å². The van der Waals surface area contributed by atoms with Gasteiger partial charge in [-0.25, -0.2) is 9.59 Å². The Hall–Kier alpha value is -4.90. The van der Waals surface area contributed by atoms with Gasteiger partial charge in [-0.3, -0.25) is 4.98 Å². The van der Waals surface area contributed by atoms with E-state index in [2.05, 4.69) is 10.3 Å². The molecule has 11 heteroatoms. The molecular formula is C28H23N3O7S. The number of aromatic carboxylic acids is 2. The second-order valence-corrected chi connectivity index (χ2v) is 9.03. The summed E-state index contributed by atoms with van der Waals surface area (Å²) < 4.78 is 17.3. The Morgan fingerprint density at radius 3 is 2.33 bits per heavy atom. The largest absolute Gasteiger partial charge is 0.497 e. The van der Waals surface area contributed by atoms with Crippen LogP contribution >= 0.6 is 12.2 Å². The molecule has 0 saturated carbocycles. The van der Waals surface area contributed by atoms with Gasteiger partial charge in [0.2, 0.25) is 0 Å². The zero-order valence-corrected chi connectivity index (χ0v) is 21.6. The van der Waals surface area contributed by atoms with Gasteiger partial charge >= 0.3 is 11.9 Å². The third kappa shape index (κ3) is 4.87. The minimum atomic E-state index is -1.25. The van der Waals surface area contributed by atoms with Crippen LogP contribution in [0.15, 0.2) is 77.3 Å². The number of furan rings is 1. The predicted octanol–water partition coefficient (Wildman–Crippen LogP) is 4.93. The molecule has 2 aromatic carbocycles. The van der Waals surface area contributed by atoms with Crippen molar-refractivity contribution >= 4 is 35.0 Å². The van der Waals surface area contributed by atoms with Crippen LogP contribution in [0.25, 0.3) is 11.3 Å². The molecule has 0 spiro atoms. The number of hydrogen-bond acceptors (Lipinski definition) is 7. The van der Waals surface area contributed by atoms with Gasteiger partial charge in [0.05, 0.1) is 42.8 Å². The Kier molecular flexibility index (Phi) is 6.90. The molecule has 1 aliphatic heterocycles. The normalized spacial score (nSPS) is 16.6. The number of benzene rings is 2. The second-order valence-electron chi connectivity index (χ2n) is 8.65. The highest BCUT2D eigenvalue weighted by Crippen LogP contribution is 2.46. The average molecular weight is 546 g/mol. The number of thiocarbonyl (C=S) groups is 1. The van der Waals surface area contributed by atoms with Crippen molar-refractivity contribution in [1.82, 2.24) is 10.3 Å². The van der Waals surface area contributed by atoms with Crippen molar-refractivity contribution in [3.63, 3.8) is 0 Å². The van der Waals surface area contributed by atoms with Gasteiger partial charge in [0.25, 0.3) is 0 Å². The van der Waals surface area contributed by atoms with Crippen molar-refractivity contribution in [3.8, 4) is 22.8 Å². The van der Waals surface area contributed by atoms with Gasteiger partial charge in [-0.1, -0.05) is 6.07 Å². The van der Waals surface area contributed by atoms with E-state index < -0.39 is 24.0 Å². The molecule has 4 aromatic rings. The first-order valence-electron chi connectivity index (χ1n) is 11.7. The van der Waals surface area contributed by atoms with E-state index in [1.165, 1.54) is 12.1 Å². The molecule has 3 heterocycles. The monoisotopic (exact) mass is 545 g/mol. The van der Waals surface area contributed by atoms with E-state index in [0.29, 0.717) is 39.4 Å². The third-order valence-electron chi connectivity index (χ3n) is 6.37. The first-order valence-corrected chi connectivity index (χ1v) is 12.2. The molecule has 2 aromatic heterocycles. The molecule has 0 aliphatic carbocycles. The summed E-state index contributed by atoms with van der Waals surface area (Å²) in [5, 5.41) is 22.7. The van der Waals surface area contributed by atoms with Crippen molar-refractivity contribution in [2.45, 2.75) is 12.1 Å². The van der Waals surface area contributed by atoms with Crippen LogP contribution in [-0.4, -0.2) is 46.5 Å². The minimum absolute atomic E-state index is 0.164. The van der Waals surface area contributed by atoms with Crippen LogP contribution in [0, 0.1) is 0 Å². The number of carbonyl (C=O) groups is 2. The molecule has 0 radical (unpaired) electrons. The molecule has 198 valence electrons. The van der Waals surface area contributed by atoms with Crippen LogP contribution < -0.4 is 19.7 Å². The fourth-order valence-electron chi connectivity index (χ4n) is 4.57. The van der Waals surface area contributed by atoms with Crippen molar-refractivity contribution in [1.29, 1.82) is 0 Å². The topological polar surface area (TPSA) is 134 Å². The number of aromatic nitrogens is 1. The molecule has 39 heavy (non-hydrogen) atoms. The van der Waals surface area contributed by atoms with Crippen molar-refractivity contribution in [2.24, 2.45) is 0 Å². The van der Waals surface area contributed by atoms with Crippen LogP contribution in [0.3, 0.4) is 0 Å². The average Bonchev–Trinajstić information content (AvgIpc) is 3.57. The summed E-state index contributed by atoms with van der Waals surface area (Å²) in [6.45, 7) is 0. The molecule has 3 N–H and O–H groups in total. The summed E-state index contributed by atoms with van der Waals surface area (Å²) in [5.41, 5.74) is 1.37. The second kappa shape index (κ2) is 10.5. The van der Waals surface area contributed by atoms with Crippen molar-refractivity contribution in [3.05, 3.63) is 95.5 Å². The van der Waals surface area contributed by atoms with Gasteiger partial charge in [0, 0.05) is 17.8 Å². The van der Waals surface area contributed by atoms with Gasteiger partial charge in [-0.15, -0.1) is 0 Å². The van der Waals surface area contributed by atoms with Gasteiger partial charge in [0.1, 0.15) is 29.1 Å². The summed E-state index contributed by atoms with van der Waals surface area (Å²) in [4.78, 5) is 29.7. The Bertz CT molecular complexity index is 1540. The van der Waals surface area contributed by atoms with Crippen LogP contribution in [0.2, 0.25) is 0 Å². The van der Waals surface area contributed by atoms with Crippen LogP contribution in [0.4, 0.5) is 5.69 Å². The summed E-state index contributed by atoms with van der Waals surface area (Å²) in [5.74, 6) is -0.566. The number of methoxy groups -OCH3 is 2. The quantitative estimate of drug-likeness (QED) is 0.260. The number of anilines is 1. The van der Waals surface area contributed by atoms with E-state index in [4.69, 9.17) is 26.1 Å². The number of ether oxygens (including phenoxy) is 2. The predicted molar refractivity (Wildman–Crippen MR) is 146 cm³/mol. The first-order chi connectivity index (χ1) is 18.8. The highest BCUT2D eigenvalue weighted by Gasteiger charge is 2.43. The number of nitrogens with zero attached hydrogens (tertiary/aromatic N) is 2. The third-order valence-corrected chi connectivity index (χ3v) is 6.69. The fraction of sp³-hybridized carbons (Fsp3) is 0.143. The number of carboxylic acids is 2. The minimum Gasteiger partial charge on any atom is -0.497 e. The summed E-state index contributed by atoms with van der Waals surface area (Å²) in [7, 11) is 3.12. The number of hydrogen-bond donors (Lipinski definition) is 3. The lowest BCUT2D eigenvalue weighted by atomic mass is 10.0. The summed E-state index contributed by atoms with van der Waals surface area (Å²) in [6.07, 6.45) is 1.69. The van der Waals surface area contributed by atoms with Crippen molar-refractivity contribution < 1.29 is 33.7 Å². The number of nitrogens with one attached hydrogen (secondary N) is 1. The lowest BCUT2D eigenvalue weighted by Gasteiger charge is -2.27. The summed E-state index contributed by atoms with van der Waals surface area (Å²) >= 11 is 5.77. The number of rotatable bonds is 8. The molecule has 0 amide bonds. The molecule has 0 bridgehead atoms. The lowest BCUT2D eigenvalue weighted by molar-refractivity contribution is 0.0696. The maximum Gasteiger partial charge on any atom is 0.335 e. The maximum absolute atomic E-state index is 11.6. The van der Waals surface area contributed by atoms with Crippen molar-refractivity contribution in [2.75, 3.05) is 19.1 Å². The van der Waals surface area contributed by atoms with E-state index >= 15 is 0 Å².